The lowest BCUT2D eigenvalue weighted by molar-refractivity contribution is 0.257. The molecule has 1 unspecified atom stereocenters. The standard InChI is InChI=1S/C16H23NO3S/c1-16(7-2-3-9-21(16,18)19)12-20-15-5-4-14-11-17-8-6-13(14)10-15/h4-5,10,17H,2-3,6-9,11-12H2,1H3. The van der Waals surface area contributed by atoms with Crippen LogP contribution in [0.3, 0.4) is 0 Å². The third-order valence-electron chi connectivity index (χ3n) is 4.73. The molecule has 3 rings (SSSR count). The summed E-state index contributed by atoms with van der Waals surface area (Å²) in [4.78, 5) is 0. The van der Waals surface area contributed by atoms with E-state index in [-0.39, 0.29) is 6.61 Å². The van der Waals surface area contributed by atoms with Gasteiger partial charge in [-0.25, -0.2) is 8.42 Å². The topological polar surface area (TPSA) is 55.4 Å². The third-order valence-corrected chi connectivity index (χ3v) is 7.38. The molecule has 0 aromatic heterocycles. The number of sulfone groups is 1. The molecule has 0 aliphatic carbocycles. The van der Waals surface area contributed by atoms with Gasteiger partial charge in [0, 0.05) is 6.54 Å². The van der Waals surface area contributed by atoms with Crippen LogP contribution < -0.4 is 10.1 Å². The maximum atomic E-state index is 12.3. The van der Waals surface area contributed by atoms with Crippen LogP contribution >= 0.6 is 0 Å². The molecule has 2 heterocycles. The van der Waals surface area contributed by atoms with Crippen LogP contribution in [0.4, 0.5) is 0 Å². The Kier molecular flexibility index (Phi) is 3.97. The highest BCUT2D eigenvalue weighted by Gasteiger charge is 2.41. The Morgan fingerprint density at radius 1 is 1.29 bits per heavy atom. The number of nitrogens with one attached hydrogen (secondary N) is 1. The Hall–Kier alpha value is -1.07. The molecule has 2 aliphatic rings. The average molecular weight is 309 g/mol. The van der Waals surface area contributed by atoms with Crippen molar-refractivity contribution in [2.45, 2.75) is 43.9 Å². The second kappa shape index (κ2) is 5.61. The molecule has 0 bridgehead atoms. The maximum Gasteiger partial charge on any atom is 0.159 e. The number of hydrogen-bond donors (Lipinski definition) is 1. The second-order valence-electron chi connectivity index (χ2n) is 6.37. The van der Waals surface area contributed by atoms with Crippen LogP contribution in [0.2, 0.25) is 0 Å². The van der Waals surface area contributed by atoms with Crippen LogP contribution in [0, 0.1) is 0 Å². The first kappa shape index (κ1) is 14.9. The summed E-state index contributed by atoms with van der Waals surface area (Å²) >= 11 is 0. The minimum absolute atomic E-state index is 0.256. The highest BCUT2D eigenvalue weighted by molar-refractivity contribution is 7.92. The van der Waals surface area contributed by atoms with Crippen LogP contribution in [0.5, 0.6) is 5.75 Å². The Morgan fingerprint density at radius 3 is 2.95 bits per heavy atom. The van der Waals surface area contributed by atoms with Crippen LogP contribution in [0.1, 0.15) is 37.3 Å². The summed E-state index contributed by atoms with van der Waals surface area (Å²) in [6, 6.07) is 6.09. The molecule has 1 atom stereocenters. The lowest BCUT2D eigenvalue weighted by atomic mass is 10.0. The number of ether oxygens (including phenoxy) is 1. The first-order valence-corrected chi connectivity index (χ1v) is 9.33. The van der Waals surface area contributed by atoms with Gasteiger partial charge in [0.05, 0.1) is 5.75 Å². The molecule has 4 nitrogen and oxygen atoms in total. The van der Waals surface area contributed by atoms with Gasteiger partial charge in [-0.15, -0.1) is 0 Å². The predicted molar refractivity (Wildman–Crippen MR) is 83.4 cm³/mol. The zero-order chi connectivity index (χ0) is 14.9. The summed E-state index contributed by atoms with van der Waals surface area (Å²) < 4.78 is 29.7. The third kappa shape index (κ3) is 2.94. The molecular formula is C16H23NO3S. The van der Waals surface area contributed by atoms with Crippen molar-refractivity contribution < 1.29 is 13.2 Å². The van der Waals surface area contributed by atoms with Crippen molar-refractivity contribution in [1.82, 2.24) is 5.32 Å². The number of benzene rings is 1. The lowest BCUT2D eigenvalue weighted by Crippen LogP contribution is -2.45. The van der Waals surface area contributed by atoms with Crippen molar-refractivity contribution in [3.05, 3.63) is 29.3 Å². The van der Waals surface area contributed by atoms with Crippen LogP contribution in [0.25, 0.3) is 0 Å². The first-order valence-electron chi connectivity index (χ1n) is 7.68. The van der Waals surface area contributed by atoms with Crippen molar-refractivity contribution in [1.29, 1.82) is 0 Å². The van der Waals surface area contributed by atoms with Crippen LogP contribution in [-0.4, -0.2) is 32.1 Å². The van der Waals surface area contributed by atoms with E-state index in [1.807, 2.05) is 13.0 Å². The average Bonchev–Trinajstić information content (AvgIpc) is 2.48. The molecule has 5 heteroatoms. The fraction of sp³-hybridized carbons (Fsp3) is 0.625. The van der Waals surface area contributed by atoms with Crippen molar-refractivity contribution in [3.63, 3.8) is 0 Å². The summed E-state index contributed by atoms with van der Waals surface area (Å²) in [7, 11) is -3.05. The van der Waals surface area contributed by atoms with Gasteiger partial charge >= 0.3 is 0 Å². The molecule has 0 amide bonds. The van der Waals surface area contributed by atoms with Gasteiger partial charge in [-0.05, 0) is 56.0 Å². The van der Waals surface area contributed by atoms with E-state index in [1.165, 1.54) is 11.1 Å². The summed E-state index contributed by atoms with van der Waals surface area (Å²) in [6.07, 6.45) is 3.45. The molecule has 0 radical (unpaired) electrons. The smallest absolute Gasteiger partial charge is 0.159 e. The first-order chi connectivity index (χ1) is 10.0. The van der Waals surface area contributed by atoms with E-state index in [0.717, 1.165) is 38.1 Å². The minimum atomic E-state index is -3.05. The van der Waals surface area contributed by atoms with Gasteiger partial charge in [-0.2, -0.15) is 0 Å². The SMILES string of the molecule is CC1(COc2ccc3c(c2)CCNC3)CCCCS1(=O)=O. The van der Waals surface area contributed by atoms with E-state index in [9.17, 15) is 8.42 Å². The summed E-state index contributed by atoms with van der Waals surface area (Å²) in [5, 5.41) is 3.34. The summed E-state index contributed by atoms with van der Waals surface area (Å²) in [5.74, 6) is 1.08. The highest BCUT2D eigenvalue weighted by Crippen LogP contribution is 2.32. The molecule has 1 N–H and O–H groups in total. The van der Waals surface area contributed by atoms with E-state index in [4.69, 9.17) is 4.74 Å². The molecule has 1 saturated heterocycles. The fourth-order valence-electron chi connectivity index (χ4n) is 3.13. The van der Waals surface area contributed by atoms with Gasteiger partial charge in [-0.1, -0.05) is 12.5 Å². The highest BCUT2D eigenvalue weighted by atomic mass is 32.2. The van der Waals surface area contributed by atoms with Crippen molar-refractivity contribution >= 4 is 9.84 Å². The zero-order valence-electron chi connectivity index (χ0n) is 12.5. The van der Waals surface area contributed by atoms with Crippen molar-refractivity contribution in [2.24, 2.45) is 0 Å². The van der Waals surface area contributed by atoms with Gasteiger partial charge in [-0.3, -0.25) is 0 Å². The Morgan fingerprint density at radius 2 is 2.14 bits per heavy atom. The Balaban J connectivity index is 1.72. The van der Waals surface area contributed by atoms with Crippen LogP contribution in [-0.2, 0) is 22.8 Å². The largest absolute Gasteiger partial charge is 0.492 e. The van der Waals surface area contributed by atoms with Gasteiger partial charge < -0.3 is 10.1 Å². The summed E-state index contributed by atoms with van der Waals surface area (Å²) in [6.45, 7) is 3.97. The molecule has 2 aliphatic heterocycles. The fourth-order valence-corrected chi connectivity index (χ4v) is 4.91. The quantitative estimate of drug-likeness (QED) is 0.928. The molecule has 21 heavy (non-hydrogen) atoms. The normalized spacial score (nSPS) is 27.9. The van der Waals surface area contributed by atoms with E-state index in [0.29, 0.717) is 12.2 Å². The number of rotatable bonds is 3. The van der Waals surface area contributed by atoms with Crippen molar-refractivity contribution in [3.8, 4) is 5.75 Å². The number of hydrogen-bond acceptors (Lipinski definition) is 4. The lowest BCUT2D eigenvalue weighted by Gasteiger charge is -2.33. The molecule has 0 saturated carbocycles. The molecule has 1 fully saturated rings. The maximum absolute atomic E-state index is 12.3. The van der Waals surface area contributed by atoms with E-state index in [2.05, 4.69) is 17.4 Å². The molecule has 1 aromatic rings. The van der Waals surface area contributed by atoms with Gasteiger partial charge in [0.25, 0.3) is 0 Å². The van der Waals surface area contributed by atoms with Gasteiger partial charge in [0.1, 0.15) is 17.1 Å². The zero-order valence-corrected chi connectivity index (χ0v) is 13.3. The van der Waals surface area contributed by atoms with E-state index >= 15 is 0 Å². The molecule has 116 valence electrons. The summed E-state index contributed by atoms with van der Waals surface area (Å²) in [5.41, 5.74) is 2.62. The van der Waals surface area contributed by atoms with Crippen LogP contribution in [0.15, 0.2) is 18.2 Å². The predicted octanol–water partition coefficient (Wildman–Crippen LogP) is 2.07. The van der Waals surface area contributed by atoms with Crippen molar-refractivity contribution in [2.75, 3.05) is 18.9 Å². The Labute approximate surface area is 126 Å². The monoisotopic (exact) mass is 309 g/mol. The molecular weight excluding hydrogens is 286 g/mol. The van der Waals surface area contributed by atoms with E-state index in [1.54, 1.807) is 0 Å². The van der Waals surface area contributed by atoms with Gasteiger partial charge in [0.2, 0.25) is 0 Å². The number of fused-ring (bicyclic) bond motifs is 1. The molecule has 0 spiro atoms. The minimum Gasteiger partial charge on any atom is -0.492 e. The van der Waals surface area contributed by atoms with Gasteiger partial charge in [0.15, 0.2) is 9.84 Å². The second-order valence-corrected chi connectivity index (χ2v) is 9.00. The molecule has 1 aromatic carbocycles. The van der Waals surface area contributed by atoms with E-state index < -0.39 is 14.6 Å². The Bertz CT molecular complexity index is 626.